The molecule has 7 heteroatoms. The van der Waals surface area contributed by atoms with Gasteiger partial charge in [0.15, 0.2) is 4.84 Å². The van der Waals surface area contributed by atoms with Crippen LogP contribution in [-0.4, -0.2) is 20.1 Å². The van der Waals surface area contributed by atoms with Gasteiger partial charge < -0.3 is 0 Å². The molecule has 0 bridgehead atoms. The number of alkyl halides is 2. The molecule has 0 saturated carbocycles. The Labute approximate surface area is 83.1 Å². The third kappa shape index (κ3) is 2.58. The highest BCUT2D eigenvalue weighted by molar-refractivity contribution is 7.09. The van der Waals surface area contributed by atoms with Crippen molar-refractivity contribution in [1.29, 1.82) is 0 Å². The molecule has 1 heterocycles. The minimum absolute atomic E-state index is 0.406. The predicted molar refractivity (Wildman–Crippen MR) is 48.8 cm³/mol. The maximum absolute atomic E-state index is 10.9. The first-order chi connectivity index (χ1) is 5.59. The van der Waals surface area contributed by atoms with Gasteiger partial charge in [-0.3, -0.25) is 10.1 Å². The number of halogens is 2. The van der Waals surface area contributed by atoms with E-state index in [-0.39, 0.29) is 0 Å². The predicted octanol–water partition coefficient (Wildman–Crippen LogP) is 1.59. The standard InChI is InChI=1S/C5H5Cl2N3OS/c1-2-8-5(12-10-2)9-4(11)3(6)7/h3H,1H3,(H,8,9,10,11). The van der Waals surface area contributed by atoms with Crippen LogP contribution in [0.5, 0.6) is 0 Å². The summed E-state index contributed by atoms with van der Waals surface area (Å²) >= 11 is 11.7. The number of nitrogens with one attached hydrogen (secondary N) is 1. The van der Waals surface area contributed by atoms with Gasteiger partial charge in [0, 0.05) is 11.5 Å². The van der Waals surface area contributed by atoms with Crippen molar-refractivity contribution in [3.8, 4) is 0 Å². The minimum atomic E-state index is -1.07. The molecule has 0 aliphatic carbocycles. The lowest BCUT2D eigenvalue weighted by Gasteiger charge is -1.98. The first-order valence-electron chi connectivity index (χ1n) is 2.99. The highest BCUT2D eigenvalue weighted by Gasteiger charge is 2.12. The molecule has 0 saturated heterocycles. The highest BCUT2D eigenvalue weighted by Crippen LogP contribution is 2.12. The van der Waals surface area contributed by atoms with Gasteiger partial charge in [-0.05, 0) is 6.92 Å². The minimum Gasteiger partial charge on any atom is -0.298 e. The van der Waals surface area contributed by atoms with Gasteiger partial charge in [0.1, 0.15) is 5.82 Å². The zero-order chi connectivity index (χ0) is 9.14. The molecule has 0 fully saturated rings. The number of aryl methyl sites for hydroxylation is 1. The molecule has 0 spiro atoms. The maximum Gasteiger partial charge on any atom is 0.259 e. The molecule has 0 atom stereocenters. The van der Waals surface area contributed by atoms with Crippen LogP contribution < -0.4 is 5.32 Å². The van der Waals surface area contributed by atoms with Gasteiger partial charge in [-0.1, -0.05) is 23.2 Å². The summed E-state index contributed by atoms with van der Waals surface area (Å²) in [6.07, 6.45) is 0. The third-order valence-corrected chi connectivity index (χ3v) is 2.07. The van der Waals surface area contributed by atoms with Crippen LogP contribution in [-0.2, 0) is 4.79 Å². The van der Waals surface area contributed by atoms with Crippen LogP contribution in [0.4, 0.5) is 5.13 Å². The molecule has 1 N–H and O–H groups in total. The van der Waals surface area contributed by atoms with Gasteiger partial charge in [-0.2, -0.15) is 4.37 Å². The van der Waals surface area contributed by atoms with Crippen LogP contribution in [0.15, 0.2) is 0 Å². The molecule has 0 aromatic carbocycles. The molecule has 1 amide bonds. The summed E-state index contributed by atoms with van der Waals surface area (Å²) in [6, 6.07) is 0. The Balaban J connectivity index is 2.58. The van der Waals surface area contributed by atoms with Crippen molar-refractivity contribution in [2.45, 2.75) is 11.8 Å². The average molecular weight is 226 g/mol. The quantitative estimate of drug-likeness (QED) is 0.779. The van der Waals surface area contributed by atoms with Crippen molar-refractivity contribution in [2.75, 3.05) is 5.32 Å². The van der Waals surface area contributed by atoms with Crippen LogP contribution in [0.2, 0.25) is 0 Å². The fourth-order valence-electron chi connectivity index (χ4n) is 0.508. The van der Waals surface area contributed by atoms with E-state index in [1.165, 1.54) is 0 Å². The molecule has 0 aliphatic heterocycles. The molecule has 0 aliphatic rings. The Morgan fingerprint density at radius 3 is 2.75 bits per heavy atom. The summed E-state index contributed by atoms with van der Waals surface area (Å²) in [5.74, 6) is 0.116. The molecule has 0 radical (unpaired) electrons. The van der Waals surface area contributed by atoms with E-state index < -0.39 is 10.7 Å². The number of hydrogen-bond acceptors (Lipinski definition) is 4. The van der Waals surface area contributed by atoms with Crippen LogP contribution in [0, 0.1) is 6.92 Å². The fourth-order valence-corrected chi connectivity index (χ4v) is 1.20. The van der Waals surface area contributed by atoms with E-state index in [0.717, 1.165) is 11.5 Å². The van der Waals surface area contributed by atoms with Crippen molar-refractivity contribution < 1.29 is 4.79 Å². The van der Waals surface area contributed by atoms with Gasteiger partial charge in [0.25, 0.3) is 5.91 Å². The van der Waals surface area contributed by atoms with Crippen molar-refractivity contribution in [1.82, 2.24) is 9.36 Å². The number of carbonyl (C=O) groups excluding carboxylic acids is 1. The van der Waals surface area contributed by atoms with Crippen molar-refractivity contribution >= 4 is 45.8 Å². The van der Waals surface area contributed by atoms with E-state index in [1.54, 1.807) is 6.92 Å². The Bertz CT molecular complexity index is 288. The summed E-state index contributed by atoms with van der Waals surface area (Å²) in [4.78, 5) is 13.7. The normalized spacial score (nSPS) is 10.3. The van der Waals surface area contributed by atoms with Gasteiger partial charge in [0.05, 0.1) is 0 Å². The van der Waals surface area contributed by atoms with Crippen LogP contribution in [0.1, 0.15) is 5.82 Å². The zero-order valence-electron chi connectivity index (χ0n) is 6.04. The second-order valence-electron chi connectivity index (χ2n) is 1.94. The number of rotatable bonds is 2. The summed E-state index contributed by atoms with van der Waals surface area (Å²) in [6.45, 7) is 1.73. The summed E-state index contributed by atoms with van der Waals surface area (Å²) in [5, 5.41) is 2.81. The van der Waals surface area contributed by atoms with Crippen LogP contribution in [0.25, 0.3) is 0 Å². The fraction of sp³-hybridized carbons (Fsp3) is 0.400. The lowest BCUT2D eigenvalue weighted by molar-refractivity contribution is -0.114. The Kier molecular flexibility index (Phi) is 3.25. The summed E-state index contributed by atoms with van der Waals surface area (Å²) in [7, 11) is 0. The lowest BCUT2D eigenvalue weighted by atomic mass is 10.7. The van der Waals surface area contributed by atoms with Crippen LogP contribution >= 0.6 is 34.7 Å². The number of aromatic nitrogens is 2. The van der Waals surface area contributed by atoms with Crippen molar-refractivity contribution in [3.05, 3.63) is 5.82 Å². The van der Waals surface area contributed by atoms with E-state index in [1.807, 2.05) is 0 Å². The summed E-state index contributed by atoms with van der Waals surface area (Å²) in [5.41, 5.74) is 0. The average Bonchev–Trinajstić information content (AvgIpc) is 2.35. The zero-order valence-corrected chi connectivity index (χ0v) is 8.37. The second-order valence-corrected chi connectivity index (χ2v) is 3.78. The first-order valence-corrected chi connectivity index (χ1v) is 4.63. The molecular weight excluding hydrogens is 221 g/mol. The van der Waals surface area contributed by atoms with Gasteiger partial charge >= 0.3 is 0 Å². The number of amides is 1. The third-order valence-electron chi connectivity index (χ3n) is 0.956. The number of anilines is 1. The van der Waals surface area contributed by atoms with Gasteiger partial charge in [-0.15, -0.1) is 0 Å². The molecule has 4 nitrogen and oxygen atoms in total. The van der Waals surface area contributed by atoms with E-state index in [2.05, 4.69) is 14.7 Å². The maximum atomic E-state index is 10.9. The lowest BCUT2D eigenvalue weighted by Crippen LogP contribution is -2.18. The van der Waals surface area contributed by atoms with Crippen LogP contribution in [0.3, 0.4) is 0 Å². The first kappa shape index (κ1) is 9.70. The largest absolute Gasteiger partial charge is 0.298 e. The number of nitrogens with zero attached hydrogens (tertiary/aromatic N) is 2. The highest BCUT2D eigenvalue weighted by atomic mass is 35.5. The van der Waals surface area contributed by atoms with E-state index in [0.29, 0.717) is 11.0 Å². The Morgan fingerprint density at radius 1 is 1.67 bits per heavy atom. The second kappa shape index (κ2) is 4.02. The molecule has 12 heavy (non-hydrogen) atoms. The molecule has 66 valence electrons. The Morgan fingerprint density at radius 2 is 2.33 bits per heavy atom. The number of hydrogen-bond donors (Lipinski definition) is 1. The molecule has 0 unspecified atom stereocenters. The topological polar surface area (TPSA) is 54.9 Å². The number of carbonyl (C=O) groups is 1. The van der Waals surface area contributed by atoms with Crippen molar-refractivity contribution in [3.63, 3.8) is 0 Å². The Hall–Kier alpha value is -0.390. The van der Waals surface area contributed by atoms with Crippen molar-refractivity contribution in [2.24, 2.45) is 0 Å². The molecule has 1 rings (SSSR count). The van der Waals surface area contributed by atoms with E-state index in [9.17, 15) is 4.79 Å². The van der Waals surface area contributed by atoms with E-state index in [4.69, 9.17) is 23.2 Å². The van der Waals surface area contributed by atoms with Gasteiger partial charge in [-0.25, -0.2) is 4.98 Å². The van der Waals surface area contributed by atoms with Gasteiger partial charge in [0.2, 0.25) is 5.13 Å². The summed E-state index contributed by atoms with van der Waals surface area (Å²) < 4.78 is 3.86. The van der Waals surface area contributed by atoms with E-state index >= 15 is 0 Å². The molecular formula is C5H5Cl2N3OS. The smallest absolute Gasteiger partial charge is 0.259 e. The molecule has 1 aromatic heterocycles. The monoisotopic (exact) mass is 225 g/mol. The molecule has 1 aromatic rings. The SMILES string of the molecule is Cc1nsc(NC(=O)C(Cl)Cl)n1.